The summed E-state index contributed by atoms with van der Waals surface area (Å²) in [5.41, 5.74) is 0. The molecule has 78 valence electrons. The lowest BCUT2D eigenvalue weighted by Crippen LogP contribution is -2.14. The second-order valence-corrected chi connectivity index (χ2v) is 5.59. The molecule has 0 nitrogen and oxygen atoms in total. The van der Waals surface area contributed by atoms with Crippen molar-refractivity contribution in [3.8, 4) is 0 Å². The van der Waals surface area contributed by atoms with E-state index in [4.69, 9.17) is 0 Å². The third kappa shape index (κ3) is 3.93. The zero-order valence-electron chi connectivity index (χ0n) is 9.22. The van der Waals surface area contributed by atoms with Crippen LogP contribution in [0.25, 0.3) is 0 Å². The minimum absolute atomic E-state index is 1.02. The zero-order chi connectivity index (χ0) is 9.52. The monoisotopic (exact) mass is 200 g/mol. The molecule has 0 aromatic rings. The van der Waals surface area contributed by atoms with Crippen LogP contribution in [-0.2, 0) is 0 Å². The zero-order valence-corrected chi connectivity index (χ0v) is 10.0. The third-order valence-corrected chi connectivity index (χ3v) is 4.65. The van der Waals surface area contributed by atoms with Gasteiger partial charge in [0.05, 0.1) is 0 Å². The van der Waals surface area contributed by atoms with Gasteiger partial charge in [0.1, 0.15) is 0 Å². The average Bonchev–Trinajstić information content (AvgIpc) is 2.65. The van der Waals surface area contributed by atoms with Gasteiger partial charge in [0.25, 0.3) is 0 Å². The second-order valence-electron chi connectivity index (χ2n) is 4.24. The minimum Gasteiger partial charge on any atom is -0.158 e. The van der Waals surface area contributed by atoms with Crippen LogP contribution in [0.2, 0.25) is 0 Å². The molecule has 0 spiro atoms. The van der Waals surface area contributed by atoms with E-state index in [1.54, 1.807) is 0 Å². The van der Waals surface area contributed by atoms with Gasteiger partial charge in [-0.1, -0.05) is 33.1 Å². The molecule has 1 heteroatoms. The molecule has 0 aromatic carbocycles. The predicted octanol–water partition coefficient (Wildman–Crippen LogP) is 4.49. The summed E-state index contributed by atoms with van der Waals surface area (Å²) in [4.78, 5) is 0. The van der Waals surface area contributed by atoms with E-state index in [-0.39, 0.29) is 0 Å². The topological polar surface area (TPSA) is 0 Å². The van der Waals surface area contributed by atoms with Gasteiger partial charge in [-0.3, -0.25) is 0 Å². The summed E-state index contributed by atoms with van der Waals surface area (Å²) in [6.07, 6.45) is 10.1. The lowest BCUT2D eigenvalue weighted by atomic mass is 9.91. The minimum atomic E-state index is 1.02. The molecule has 2 unspecified atom stereocenters. The Morgan fingerprint density at radius 1 is 1.23 bits per heavy atom. The fourth-order valence-corrected chi connectivity index (χ4v) is 3.84. The van der Waals surface area contributed by atoms with Crippen molar-refractivity contribution >= 4 is 11.8 Å². The summed E-state index contributed by atoms with van der Waals surface area (Å²) >= 11 is 2.24. The van der Waals surface area contributed by atoms with E-state index in [2.05, 4.69) is 25.6 Å². The second kappa shape index (κ2) is 6.75. The highest BCUT2D eigenvalue weighted by Gasteiger charge is 2.24. The summed E-state index contributed by atoms with van der Waals surface area (Å²) in [5, 5.41) is 1.02. The van der Waals surface area contributed by atoms with Gasteiger partial charge in [-0.15, -0.1) is 0 Å². The van der Waals surface area contributed by atoms with Gasteiger partial charge in [-0.25, -0.2) is 0 Å². The van der Waals surface area contributed by atoms with Crippen molar-refractivity contribution in [3.05, 3.63) is 0 Å². The van der Waals surface area contributed by atoms with Crippen molar-refractivity contribution in [1.29, 1.82) is 0 Å². The molecule has 0 aliphatic carbocycles. The number of hydrogen-bond acceptors (Lipinski definition) is 1. The smallest absolute Gasteiger partial charge is 0.00756 e. The molecule has 0 aromatic heterocycles. The Morgan fingerprint density at radius 3 is 2.62 bits per heavy atom. The molecule has 1 fully saturated rings. The fourth-order valence-electron chi connectivity index (χ4n) is 2.33. The van der Waals surface area contributed by atoms with E-state index in [1.165, 1.54) is 50.7 Å². The maximum absolute atomic E-state index is 2.33. The van der Waals surface area contributed by atoms with E-state index < -0.39 is 0 Å². The standard InChI is InChI=1S/C12H24S/c1-3-5-8-11(7-4-2)12-9-6-10-13-12/h11-12H,3-10H2,1-2H3. The molecular formula is C12H24S. The number of hydrogen-bond donors (Lipinski definition) is 0. The maximum atomic E-state index is 2.33. The Labute approximate surface area is 87.9 Å². The largest absolute Gasteiger partial charge is 0.158 e. The number of unbranched alkanes of at least 4 members (excludes halogenated alkanes) is 1. The van der Waals surface area contributed by atoms with Crippen molar-refractivity contribution in [1.82, 2.24) is 0 Å². The molecular weight excluding hydrogens is 176 g/mol. The summed E-state index contributed by atoms with van der Waals surface area (Å²) in [5.74, 6) is 2.47. The first-order valence-corrected chi connectivity index (χ1v) is 7.05. The lowest BCUT2D eigenvalue weighted by Gasteiger charge is -2.21. The fraction of sp³-hybridized carbons (Fsp3) is 1.00. The molecule has 0 amide bonds. The molecule has 0 radical (unpaired) electrons. The molecule has 1 aliphatic heterocycles. The SMILES string of the molecule is CCCCC(CCC)C1CCCS1. The maximum Gasteiger partial charge on any atom is 0.00756 e. The molecule has 0 bridgehead atoms. The van der Waals surface area contributed by atoms with Crippen molar-refractivity contribution in [3.63, 3.8) is 0 Å². The Balaban J connectivity index is 2.26. The first-order chi connectivity index (χ1) is 6.38. The normalized spacial score (nSPS) is 24.9. The van der Waals surface area contributed by atoms with Crippen LogP contribution in [0.3, 0.4) is 0 Å². The first-order valence-electron chi connectivity index (χ1n) is 6.00. The Kier molecular flexibility index (Phi) is 5.93. The Hall–Kier alpha value is 0.350. The first kappa shape index (κ1) is 11.4. The van der Waals surface area contributed by atoms with Gasteiger partial charge >= 0.3 is 0 Å². The highest BCUT2D eigenvalue weighted by molar-refractivity contribution is 8.00. The van der Waals surface area contributed by atoms with Crippen LogP contribution >= 0.6 is 11.8 Å². The van der Waals surface area contributed by atoms with Crippen LogP contribution in [0.5, 0.6) is 0 Å². The van der Waals surface area contributed by atoms with Crippen LogP contribution in [0, 0.1) is 5.92 Å². The van der Waals surface area contributed by atoms with Crippen molar-refractivity contribution in [2.45, 2.75) is 64.0 Å². The summed E-state index contributed by atoms with van der Waals surface area (Å²) in [6.45, 7) is 4.64. The third-order valence-electron chi connectivity index (χ3n) is 3.08. The Morgan fingerprint density at radius 2 is 2.08 bits per heavy atom. The Bertz CT molecular complexity index is 116. The summed E-state index contributed by atoms with van der Waals surface area (Å²) < 4.78 is 0. The molecule has 1 saturated heterocycles. The van der Waals surface area contributed by atoms with Gasteiger partial charge in [-0.2, -0.15) is 11.8 Å². The van der Waals surface area contributed by atoms with Crippen LogP contribution in [0.1, 0.15) is 58.8 Å². The van der Waals surface area contributed by atoms with E-state index in [1.807, 2.05) is 0 Å². The van der Waals surface area contributed by atoms with Crippen molar-refractivity contribution < 1.29 is 0 Å². The average molecular weight is 200 g/mol. The highest BCUT2D eigenvalue weighted by atomic mass is 32.2. The summed E-state index contributed by atoms with van der Waals surface area (Å²) in [6, 6.07) is 0. The van der Waals surface area contributed by atoms with E-state index in [0.29, 0.717) is 0 Å². The molecule has 13 heavy (non-hydrogen) atoms. The molecule has 2 atom stereocenters. The van der Waals surface area contributed by atoms with Crippen LogP contribution in [-0.4, -0.2) is 11.0 Å². The highest BCUT2D eigenvalue weighted by Crippen LogP contribution is 2.36. The van der Waals surface area contributed by atoms with Gasteiger partial charge in [0.2, 0.25) is 0 Å². The van der Waals surface area contributed by atoms with Crippen LogP contribution < -0.4 is 0 Å². The lowest BCUT2D eigenvalue weighted by molar-refractivity contribution is 0.408. The van der Waals surface area contributed by atoms with Crippen molar-refractivity contribution in [2.24, 2.45) is 5.92 Å². The number of rotatable bonds is 6. The molecule has 0 N–H and O–H groups in total. The van der Waals surface area contributed by atoms with E-state index in [9.17, 15) is 0 Å². The van der Waals surface area contributed by atoms with Gasteiger partial charge in [-0.05, 0) is 37.4 Å². The van der Waals surface area contributed by atoms with Crippen molar-refractivity contribution in [2.75, 3.05) is 5.75 Å². The van der Waals surface area contributed by atoms with Gasteiger partial charge in [0, 0.05) is 5.25 Å². The van der Waals surface area contributed by atoms with E-state index >= 15 is 0 Å². The van der Waals surface area contributed by atoms with Gasteiger partial charge in [0.15, 0.2) is 0 Å². The molecule has 1 heterocycles. The molecule has 0 saturated carbocycles. The molecule has 1 aliphatic rings. The van der Waals surface area contributed by atoms with Crippen LogP contribution in [0.4, 0.5) is 0 Å². The predicted molar refractivity (Wildman–Crippen MR) is 63.4 cm³/mol. The van der Waals surface area contributed by atoms with Gasteiger partial charge < -0.3 is 0 Å². The summed E-state index contributed by atoms with van der Waals surface area (Å²) in [7, 11) is 0. The quantitative estimate of drug-likeness (QED) is 0.609. The molecule has 1 rings (SSSR count). The number of thioether (sulfide) groups is 1. The van der Waals surface area contributed by atoms with E-state index in [0.717, 1.165) is 11.2 Å². The van der Waals surface area contributed by atoms with Crippen LogP contribution in [0.15, 0.2) is 0 Å².